The summed E-state index contributed by atoms with van der Waals surface area (Å²) in [5.74, 6) is 6.18. The first-order valence-corrected chi connectivity index (χ1v) is 7.81. The van der Waals surface area contributed by atoms with E-state index in [-0.39, 0.29) is 25.0 Å². The maximum absolute atomic E-state index is 11.8. The first kappa shape index (κ1) is 18.1. The molecule has 0 atom stereocenters. The van der Waals surface area contributed by atoms with Crippen LogP contribution in [0.4, 0.5) is 0 Å². The van der Waals surface area contributed by atoms with E-state index in [1.807, 2.05) is 18.2 Å². The molecule has 5 heteroatoms. The van der Waals surface area contributed by atoms with Crippen LogP contribution in [0.5, 0.6) is 5.75 Å². The standard InChI is InChI=1S/C20H20N2O3/c1-22(2)20(24)17-12-10-16(11-13-17)7-6-14-21-19(23)15-25-18-8-4-3-5-9-18/h3-5,8-13H,14-15H2,1-2H3,(H,21,23). The summed E-state index contributed by atoms with van der Waals surface area (Å²) >= 11 is 0. The zero-order valence-corrected chi connectivity index (χ0v) is 14.3. The van der Waals surface area contributed by atoms with Crippen LogP contribution in [0.15, 0.2) is 54.6 Å². The molecular formula is C20H20N2O3. The Morgan fingerprint density at radius 1 is 1.04 bits per heavy atom. The number of rotatable bonds is 5. The van der Waals surface area contributed by atoms with Crippen LogP contribution in [0.1, 0.15) is 15.9 Å². The quantitative estimate of drug-likeness (QED) is 0.849. The summed E-state index contributed by atoms with van der Waals surface area (Å²) in [5, 5.41) is 2.67. The second-order valence-corrected chi connectivity index (χ2v) is 5.46. The van der Waals surface area contributed by atoms with Crippen molar-refractivity contribution in [2.45, 2.75) is 0 Å². The number of hydrogen-bond donors (Lipinski definition) is 1. The third-order valence-corrected chi connectivity index (χ3v) is 3.26. The van der Waals surface area contributed by atoms with Crippen LogP contribution in [0, 0.1) is 11.8 Å². The second kappa shape index (κ2) is 9.14. The Morgan fingerprint density at radius 3 is 2.36 bits per heavy atom. The molecule has 2 amide bonds. The zero-order chi connectivity index (χ0) is 18.1. The van der Waals surface area contributed by atoms with Gasteiger partial charge in [0.2, 0.25) is 0 Å². The number of ether oxygens (including phenoxy) is 1. The Morgan fingerprint density at radius 2 is 1.72 bits per heavy atom. The molecule has 25 heavy (non-hydrogen) atoms. The predicted molar refractivity (Wildman–Crippen MR) is 96.3 cm³/mol. The van der Waals surface area contributed by atoms with E-state index in [9.17, 15) is 9.59 Å². The molecule has 0 radical (unpaired) electrons. The molecule has 0 unspecified atom stereocenters. The van der Waals surface area contributed by atoms with Gasteiger partial charge < -0.3 is 15.0 Å². The molecule has 0 aliphatic rings. The number of amides is 2. The van der Waals surface area contributed by atoms with Gasteiger partial charge in [0.05, 0.1) is 6.54 Å². The number of carbonyl (C=O) groups is 2. The van der Waals surface area contributed by atoms with E-state index in [1.54, 1.807) is 50.5 Å². The average Bonchev–Trinajstić information content (AvgIpc) is 2.64. The highest BCUT2D eigenvalue weighted by Gasteiger charge is 2.06. The van der Waals surface area contributed by atoms with Crippen molar-refractivity contribution < 1.29 is 14.3 Å². The number of benzene rings is 2. The van der Waals surface area contributed by atoms with Crippen molar-refractivity contribution in [2.75, 3.05) is 27.2 Å². The van der Waals surface area contributed by atoms with Gasteiger partial charge in [0, 0.05) is 25.2 Å². The highest BCUT2D eigenvalue weighted by molar-refractivity contribution is 5.93. The number of nitrogens with one attached hydrogen (secondary N) is 1. The molecule has 0 saturated carbocycles. The van der Waals surface area contributed by atoms with Crippen LogP contribution in [0.25, 0.3) is 0 Å². The topological polar surface area (TPSA) is 58.6 Å². The molecule has 128 valence electrons. The smallest absolute Gasteiger partial charge is 0.258 e. The molecule has 2 rings (SSSR count). The summed E-state index contributed by atoms with van der Waals surface area (Å²) in [6.45, 7) is 0.183. The van der Waals surface area contributed by atoms with Gasteiger partial charge in [-0.2, -0.15) is 0 Å². The van der Waals surface area contributed by atoms with Gasteiger partial charge >= 0.3 is 0 Å². The van der Waals surface area contributed by atoms with Crippen molar-refractivity contribution in [3.8, 4) is 17.6 Å². The van der Waals surface area contributed by atoms with Gasteiger partial charge in [-0.05, 0) is 36.4 Å². The van der Waals surface area contributed by atoms with E-state index in [4.69, 9.17) is 4.74 Å². The molecule has 0 aliphatic carbocycles. The van der Waals surface area contributed by atoms with E-state index in [0.717, 1.165) is 5.56 Å². The molecule has 1 N–H and O–H groups in total. The third-order valence-electron chi connectivity index (χ3n) is 3.26. The van der Waals surface area contributed by atoms with Crippen molar-refractivity contribution in [1.82, 2.24) is 10.2 Å². The molecule has 5 nitrogen and oxygen atoms in total. The zero-order valence-electron chi connectivity index (χ0n) is 14.3. The van der Waals surface area contributed by atoms with Crippen molar-refractivity contribution in [1.29, 1.82) is 0 Å². The summed E-state index contributed by atoms with van der Waals surface area (Å²) in [6.07, 6.45) is 0. The van der Waals surface area contributed by atoms with Gasteiger partial charge in [-0.3, -0.25) is 9.59 Å². The van der Waals surface area contributed by atoms with Gasteiger partial charge in [0.15, 0.2) is 6.61 Å². The summed E-state index contributed by atoms with van der Waals surface area (Å²) in [7, 11) is 3.42. The fourth-order valence-electron chi connectivity index (χ4n) is 1.96. The second-order valence-electron chi connectivity index (χ2n) is 5.46. The average molecular weight is 336 g/mol. The van der Waals surface area contributed by atoms with E-state index in [0.29, 0.717) is 11.3 Å². The molecule has 0 fully saturated rings. The third kappa shape index (κ3) is 6.04. The molecule has 0 aromatic heterocycles. The van der Waals surface area contributed by atoms with Crippen molar-refractivity contribution in [2.24, 2.45) is 0 Å². The molecule has 2 aromatic rings. The molecule has 0 spiro atoms. The lowest BCUT2D eigenvalue weighted by Gasteiger charge is -2.09. The van der Waals surface area contributed by atoms with Gasteiger partial charge in [0.25, 0.3) is 11.8 Å². The Balaban J connectivity index is 1.76. The van der Waals surface area contributed by atoms with Crippen LogP contribution in [-0.4, -0.2) is 44.0 Å². The van der Waals surface area contributed by atoms with Crippen LogP contribution >= 0.6 is 0 Å². The Kier molecular flexibility index (Phi) is 6.61. The van der Waals surface area contributed by atoms with Crippen LogP contribution in [0.3, 0.4) is 0 Å². The molecule has 2 aromatic carbocycles. The minimum atomic E-state index is -0.231. The maximum atomic E-state index is 11.8. The van der Waals surface area contributed by atoms with Crippen LogP contribution < -0.4 is 10.1 Å². The van der Waals surface area contributed by atoms with Crippen molar-refractivity contribution in [3.63, 3.8) is 0 Å². The molecule has 0 bridgehead atoms. The lowest BCUT2D eigenvalue weighted by molar-refractivity contribution is -0.122. The van der Waals surface area contributed by atoms with Gasteiger partial charge in [-0.1, -0.05) is 30.0 Å². The van der Waals surface area contributed by atoms with Crippen LogP contribution in [0.2, 0.25) is 0 Å². The number of carbonyl (C=O) groups excluding carboxylic acids is 2. The van der Waals surface area contributed by atoms with Gasteiger partial charge in [-0.15, -0.1) is 0 Å². The number of nitrogens with zero attached hydrogens (tertiary/aromatic N) is 1. The van der Waals surface area contributed by atoms with E-state index in [1.165, 1.54) is 4.90 Å². The lowest BCUT2D eigenvalue weighted by atomic mass is 10.1. The van der Waals surface area contributed by atoms with E-state index < -0.39 is 0 Å². The fraction of sp³-hybridized carbons (Fsp3) is 0.200. The highest BCUT2D eigenvalue weighted by atomic mass is 16.5. The van der Waals surface area contributed by atoms with Gasteiger partial charge in [0.1, 0.15) is 5.75 Å². The Labute approximate surface area is 147 Å². The van der Waals surface area contributed by atoms with Crippen LogP contribution in [-0.2, 0) is 4.79 Å². The minimum Gasteiger partial charge on any atom is -0.484 e. The molecule has 0 saturated heterocycles. The fourth-order valence-corrected chi connectivity index (χ4v) is 1.96. The lowest BCUT2D eigenvalue weighted by Crippen LogP contribution is -2.29. The van der Waals surface area contributed by atoms with E-state index in [2.05, 4.69) is 17.2 Å². The summed E-state index contributed by atoms with van der Waals surface area (Å²) in [5.41, 5.74) is 1.40. The normalized spacial score (nSPS) is 9.52. The van der Waals surface area contributed by atoms with Crippen molar-refractivity contribution >= 4 is 11.8 Å². The highest BCUT2D eigenvalue weighted by Crippen LogP contribution is 2.07. The molecule has 0 aliphatic heterocycles. The summed E-state index contributed by atoms with van der Waals surface area (Å²) in [4.78, 5) is 25.0. The first-order valence-electron chi connectivity index (χ1n) is 7.81. The van der Waals surface area contributed by atoms with E-state index >= 15 is 0 Å². The first-order chi connectivity index (χ1) is 12.1. The monoisotopic (exact) mass is 336 g/mol. The summed E-state index contributed by atoms with van der Waals surface area (Å²) in [6, 6.07) is 16.2. The minimum absolute atomic E-state index is 0.0486. The number of hydrogen-bond acceptors (Lipinski definition) is 3. The Hall–Kier alpha value is -3.26. The largest absolute Gasteiger partial charge is 0.484 e. The summed E-state index contributed by atoms with van der Waals surface area (Å²) < 4.78 is 5.34. The molecule has 0 heterocycles. The Bertz CT molecular complexity index is 772. The predicted octanol–water partition coefficient (Wildman–Crippen LogP) is 1.94. The maximum Gasteiger partial charge on any atom is 0.258 e. The molecular weight excluding hydrogens is 316 g/mol. The van der Waals surface area contributed by atoms with Gasteiger partial charge in [-0.25, -0.2) is 0 Å². The van der Waals surface area contributed by atoms with Crippen molar-refractivity contribution in [3.05, 3.63) is 65.7 Å². The SMILES string of the molecule is CN(C)C(=O)c1ccc(C#CCNC(=O)COc2ccccc2)cc1. The number of para-hydroxylation sites is 1.